The van der Waals surface area contributed by atoms with Crippen LogP contribution in [0.5, 0.6) is 0 Å². The van der Waals surface area contributed by atoms with E-state index in [9.17, 15) is 85.9 Å². The van der Waals surface area contributed by atoms with Crippen LogP contribution < -0.4 is 21.3 Å². The maximum absolute atomic E-state index is 13.7. The zero-order valence-electron chi connectivity index (χ0n) is 56.1. The van der Waals surface area contributed by atoms with Crippen molar-refractivity contribution in [2.75, 3.05) is 0 Å². The normalized spacial score (nSPS) is 14.8. The summed E-state index contributed by atoms with van der Waals surface area (Å²) in [5.74, 6) is -2.49. The summed E-state index contributed by atoms with van der Waals surface area (Å²) in [6, 6.07) is 14.1. The van der Waals surface area contributed by atoms with E-state index in [-0.39, 0.29) is 116 Å². The highest BCUT2D eigenvalue weighted by molar-refractivity contribution is 5.86. The van der Waals surface area contributed by atoms with Gasteiger partial charge in [0.05, 0.1) is 53.9 Å². The average Bonchev–Trinajstić information content (AvgIpc) is 1.65. The molecule has 0 spiro atoms. The second kappa shape index (κ2) is 39.2. The summed E-state index contributed by atoms with van der Waals surface area (Å²) in [5, 5.41) is 69.1. The second-order valence-electron chi connectivity index (χ2n) is 24.2. The SMILES string of the molecule is Cc1ccc([C@H](N[C@@H](Cc2ncn[nH]2)C(=O)CCC#N)C(F)(F)F)cc1.Cc1ccc([C@H](N[C@@H](Cc2ncn[nH]2)C(=O)CCC#N)C(F)(F)F)cc1.N#CC1(CC(=O)[C@H](Cc2ncn[nH]2)N[C@@H](c2ccc(F)cc2)C(F)(F)F)CC1.N#CCCC(=O)[C@H](Cc1ncn[nH]1)N[C@@H](c1cccc(F)c1)C(F)(F)F. The number of aromatic amines is 4. The molecule has 0 aliphatic heterocycles. The molecule has 8 atom stereocenters. The van der Waals surface area contributed by atoms with E-state index in [4.69, 9.17) is 15.8 Å². The topological polar surface area (TPSA) is 378 Å². The Balaban J connectivity index is 0.000000222. The van der Waals surface area contributed by atoms with Crippen LogP contribution in [0.25, 0.3) is 0 Å². The number of nitriles is 4. The minimum atomic E-state index is -4.76. The number of rotatable bonds is 32. The van der Waals surface area contributed by atoms with Crippen molar-refractivity contribution in [3.8, 4) is 24.3 Å². The number of nitrogens with one attached hydrogen (secondary N) is 8. The van der Waals surface area contributed by atoms with Gasteiger partial charge in [0.1, 0.15) is 84.4 Å². The van der Waals surface area contributed by atoms with Gasteiger partial charge in [-0.2, -0.15) is 94.1 Å². The lowest BCUT2D eigenvalue weighted by molar-refractivity contribution is -0.161. The minimum Gasteiger partial charge on any atom is -0.298 e. The summed E-state index contributed by atoms with van der Waals surface area (Å²) in [6.07, 6.45) is -14.1. The number of nitrogens with zero attached hydrogens (tertiary/aromatic N) is 12. The first kappa shape index (κ1) is 83.9. The number of benzene rings is 4. The molecule has 1 fully saturated rings. The molecule has 0 amide bonds. The standard InChI is InChI=1S/C18H17F4N5O.2C17H18F3N5O.C16H15F4N5O/c19-12-3-1-11(2-4-12)16(18(20,21)22)26-13(7-15-24-10-25-27-15)14(28)8-17(9-23)5-6-17;2*1-11-4-6-12(7-5-11)16(17(18,19)20)24-13(14(26)3-2-8-21)9-15-22-10-23-25-15;17-11-4-1-3-10(7-11)15(16(18,19)20)24-12(13(26)5-2-6-21)8-14-22-9-23-25-14/h1-4,10,13,16,26H,5-8H2,(H,24,25,27);2*4-7,10,13,16,24H,2-3,9H2,1H3,(H,22,23,25);1,3-4,7,9,12,15,24H,2,5,8H2,(H,22,23,25)/t3*13-,16-;12-,15-/m0000/s1. The molecule has 4 aromatic heterocycles. The number of hydrogen-bond acceptors (Lipinski definition) is 20. The minimum absolute atomic E-state index is 0.0127. The molecule has 24 nitrogen and oxygen atoms in total. The largest absolute Gasteiger partial charge is 0.407 e. The van der Waals surface area contributed by atoms with E-state index in [2.05, 4.69) is 88.1 Å². The van der Waals surface area contributed by atoms with E-state index < -0.39 is 113 Å². The number of H-pyrrole nitrogens is 4. The molecule has 8 aromatic rings. The first-order chi connectivity index (χ1) is 50.1. The average molecular weight is 1500 g/mol. The van der Waals surface area contributed by atoms with Gasteiger partial charge in [0.2, 0.25) is 0 Å². The van der Waals surface area contributed by atoms with Crippen LogP contribution in [-0.2, 0) is 44.9 Å². The van der Waals surface area contributed by atoms with Crippen LogP contribution in [0.3, 0.4) is 0 Å². The Morgan fingerprint density at radius 3 is 0.972 bits per heavy atom. The molecule has 38 heteroatoms. The van der Waals surface area contributed by atoms with Crippen LogP contribution in [0.4, 0.5) is 61.5 Å². The van der Waals surface area contributed by atoms with Crippen LogP contribution in [0.2, 0.25) is 0 Å². The fraction of sp³-hybridized carbons (Fsp3) is 0.412. The van der Waals surface area contributed by atoms with Gasteiger partial charge in [-0.25, -0.2) is 28.7 Å². The van der Waals surface area contributed by atoms with Crippen molar-refractivity contribution in [3.63, 3.8) is 0 Å². The molecule has 1 saturated carbocycles. The summed E-state index contributed by atoms with van der Waals surface area (Å²) in [7, 11) is 0. The Labute approximate surface area is 595 Å². The van der Waals surface area contributed by atoms with Crippen LogP contribution in [-0.4, -0.2) is 133 Å². The van der Waals surface area contributed by atoms with Crippen molar-refractivity contribution in [2.24, 2.45) is 5.41 Å². The van der Waals surface area contributed by atoms with Crippen molar-refractivity contribution < 1.29 is 80.6 Å². The lowest BCUT2D eigenvalue weighted by Gasteiger charge is -2.27. The van der Waals surface area contributed by atoms with Crippen LogP contribution in [0.15, 0.2) is 122 Å². The summed E-state index contributed by atoms with van der Waals surface area (Å²) in [4.78, 5) is 65.1. The molecule has 0 radical (unpaired) electrons. The van der Waals surface area contributed by atoms with Gasteiger partial charge in [-0.3, -0.25) is 60.8 Å². The maximum Gasteiger partial charge on any atom is 0.407 e. The van der Waals surface area contributed by atoms with E-state index in [1.807, 2.05) is 12.1 Å². The molecule has 0 unspecified atom stereocenters. The third-order valence-electron chi connectivity index (χ3n) is 16.0. The predicted octanol–water partition coefficient (Wildman–Crippen LogP) is 11.2. The van der Waals surface area contributed by atoms with E-state index in [1.165, 1.54) is 49.6 Å². The molecule has 106 heavy (non-hydrogen) atoms. The van der Waals surface area contributed by atoms with Crippen molar-refractivity contribution in [1.29, 1.82) is 21.0 Å². The summed E-state index contributed by atoms with van der Waals surface area (Å²) in [6.45, 7) is 3.55. The van der Waals surface area contributed by atoms with Gasteiger partial charge in [0.25, 0.3) is 0 Å². The monoisotopic (exact) mass is 1490 g/mol. The van der Waals surface area contributed by atoms with Gasteiger partial charge < -0.3 is 0 Å². The highest BCUT2D eigenvalue weighted by Crippen LogP contribution is 2.49. The van der Waals surface area contributed by atoms with Gasteiger partial charge in [-0.05, 0) is 73.2 Å². The van der Waals surface area contributed by atoms with Gasteiger partial charge in [0, 0.05) is 70.6 Å². The molecule has 4 heterocycles. The molecule has 1 aliphatic carbocycles. The zero-order chi connectivity index (χ0) is 77.8. The fourth-order valence-electron chi connectivity index (χ4n) is 10.3. The Bertz CT molecular complexity index is 4070. The molecule has 0 bridgehead atoms. The van der Waals surface area contributed by atoms with Crippen molar-refractivity contribution in [1.82, 2.24) is 82.0 Å². The molecular weight excluding hydrogens is 1430 g/mol. The van der Waals surface area contributed by atoms with E-state index >= 15 is 0 Å². The molecule has 562 valence electrons. The number of hydrogen-bond donors (Lipinski definition) is 8. The Morgan fingerprint density at radius 1 is 0.425 bits per heavy atom. The number of Topliss-reactive ketones (excluding diaryl/α,β-unsaturated/α-hetero) is 4. The molecular formula is C68H68F14N20O4. The molecule has 0 saturated heterocycles. The van der Waals surface area contributed by atoms with Crippen LogP contribution in [0, 0.1) is 76.2 Å². The smallest absolute Gasteiger partial charge is 0.298 e. The first-order valence-electron chi connectivity index (χ1n) is 32.1. The summed E-state index contributed by atoms with van der Waals surface area (Å²) in [5.41, 5.74) is 0.328. The summed E-state index contributed by atoms with van der Waals surface area (Å²) < 4.78 is 190. The second-order valence-corrected chi connectivity index (χ2v) is 24.2. The fourth-order valence-corrected chi connectivity index (χ4v) is 10.3. The Kier molecular flexibility index (Phi) is 31.0. The molecule has 9 rings (SSSR count). The van der Waals surface area contributed by atoms with E-state index in [0.717, 1.165) is 59.7 Å². The number of alkyl halides is 12. The zero-order valence-corrected chi connectivity index (χ0v) is 56.1. The number of ketones is 4. The summed E-state index contributed by atoms with van der Waals surface area (Å²) >= 11 is 0. The van der Waals surface area contributed by atoms with Gasteiger partial charge in [-0.15, -0.1) is 0 Å². The van der Waals surface area contributed by atoms with Crippen molar-refractivity contribution in [2.45, 2.75) is 170 Å². The number of aromatic nitrogens is 12. The lowest BCUT2D eigenvalue weighted by atomic mass is 9.94. The van der Waals surface area contributed by atoms with Crippen molar-refractivity contribution >= 4 is 23.1 Å². The van der Waals surface area contributed by atoms with Gasteiger partial charge in [-0.1, -0.05) is 83.9 Å². The lowest BCUT2D eigenvalue weighted by Crippen LogP contribution is -2.46. The third-order valence-corrected chi connectivity index (χ3v) is 16.0. The number of halogens is 14. The van der Waals surface area contributed by atoms with E-state index in [1.54, 1.807) is 44.2 Å². The van der Waals surface area contributed by atoms with Gasteiger partial charge >= 0.3 is 24.7 Å². The molecule has 8 N–H and O–H groups in total. The predicted molar refractivity (Wildman–Crippen MR) is 345 cm³/mol. The van der Waals surface area contributed by atoms with Crippen LogP contribution >= 0.6 is 0 Å². The van der Waals surface area contributed by atoms with E-state index in [0.29, 0.717) is 12.8 Å². The van der Waals surface area contributed by atoms with Gasteiger partial charge in [0.15, 0.2) is 23.1 Å². The highest BCUT2D eigenvalue weighted by atomic mass is 19.4. The third kappa shape index (κ3) is 27.2. The number of aryl methyl sites for hydroxylation is 2. The number of carbonyl (C=O) groups excluding carboxylic acids is 4. The Morgan fingerprint density at radius 2 is 0.717 bits per heavy atom. The highest BCUT2D eigenvalue weighted by Gasteiger charge is 2.49. The first-order valence-corrected chi connectivity index (χ1v) is 32.1. The van der Waals surface area contributed by atoms with Crippen LogP contribution in [0.1, 0.15) is 139 Å². The van der Waals surface area contributed by atoms with Crippen molar-refractivity contribution in [3.05, 3.63) is 191 Å². The molecule has 1 aliphatic rings. The Hall–Kier alpha value is -11.1. The molecule has 4 aromatic carbocycles. The number of carbonyl (C=O) groups is 4. The maximum atomic E-state index is 13.7. The quantitative estimate of drug-likeness (QED) is 0.0182.